The van der Waals surface area contributed by atoms with E-state index in [1.807, 2.05) is 17.9 Å². The summed E-state index contributed by atoms with van der Waals surface area (Å²) in [5, 5.41) is 15.0. The van der Waals surface area contributed by atoms with Crippen molar-refractivity contribution in [2.24, 2.45) is 0 Å². The molecule has 2 aliphatic carbocycles. The molecule has 3 rings (SSSR count). The van der Waals surface area contributed by atoms with E-state index in [4.69, 9.17) is 9.84 Å². The van der Waals surface area contributed by atoms with Crippen LogP contribution in [0.15, 0.2) is 18.2 Å². The lowest BCUT2D eigenvalue weighted by molar-refractivity contribution is -0.139. The molecule has 0 heterocycles. The minimum atomic E-state index is -0.804. The van der Waals surface area contributed by atoms with E-state index in [1.165, 1.54) is 11.1 Å². The van der Waals surface area contributed by atoms with Crippen LogP contribution in [-0.4, -0.2) is 60.8 Å². The van der Waals surface area contributed by atoms with Crippen LogP contribution in [0, 0.1) is 0 Å². The number of benzene rings is 1. The predicted octanol–water partition coefficient (Wildman–Crippen LogP) is 2.35. The first-order valence-corrected chi connectivity index (χ1v) is 10.2. The number of carbonyl (C=O) groups excluding carboxylic acids is 1. The van der Waals surface area contributed by atoms with Crippen molar-refractivity contribution >= 4 is 12.0 Å². The number of nitrogens with one attached hydrogen (secondary N) is 2. The highest BCUT2D eigenvalue weighted by atomic mass is 16.5. The average molecular weight is 389 g/mol. The number of likely N-dealkylation sites (N-methyl/N-ethyl adjacent to an activating group) is 1. The lowest BCUT2D eigenvalue weighted by atomic mass is 9.82. The maximum atomic E-state index is 12.3. The Hall–Kier alpha value is -2.28. The second kappa shape index (κ2) is 9.28. The topological polar surface area (TPSA) is 90.9 Å². The molecule has 0 spiro atoms. The Morgan fingerprint density at radius 3 is 2.79 bits per heavy atom. The fraction of sp³-hybridized carbons (Fsp3) is 0.619. The number of nitrogens with zero attached hydrogens (tertiary/aromatic N) is 1. The quantitative estimate of drug-likeness (QED) is 0.635. The molecule has 0 radical (unpaired) electrons. The number of carbonyl (C=O) groups is 2. The van der Waals surface area contributed by atoms with Gasteiger partial charge in [-0.1, -0.05) is 13.0 Å². The van der Waals surface area contributed by atoms with Gasteiger partial charge in [0.2, 0.25) is 0 Å². The van der Waals surface area contributed by atoms with Crippen LogP contribution in [0.1, 0.15) is 49.7 Å². The Balaban J connectivity index is 1.43. The van der Waals surface area contributed by atoms with Gasteiger partial charge in [0, 0.05) is 24.5 Å². The molecule has 1 saturated carbocycles. The molecular formula is C21H31N3O4. The first-order valence-electron chi connectivity index (χ1n) is 10.2. The van der Waals surface area contributed by atoms with Crippen LogP contribution in [0.2, 0.25) is 0 Å². The molecule has 1 atom stereocenters. The molecule has 7 nitrogen and oxygen atoms in total. The number of amides is 2. The monoisotopic (exact) mass is 389 g/mol. The highest BCUT2D eigenvalue weighted by molar-refractivity contribution is 5.74. The molecule has 1 fully saturated rings. The standard InChI is InChI=1S/C21H31N3O4/c1-3-24(13-20(25)26)17-10-16(11-17)23-21(27)22-12-15-6-4-5-14-9-18(28-2)7-8-19(14)15/h7-9,15-17H,3-6,10-13H2,1-2H3,(H,25,26)(H2,22,23,27). The van der Waals surface area contributed by atoms with Crippen molar-refractivity contribution in [2.75, 3.05) is 26.7 Å². The van der Waals surface area contributed by atoms with Gasteiger partial charge in [-0.15, -0.1) is 0 Å². The van der Waals surface area contributed by atoms with Gasteiger partial charge >= 0.3 is 12.0 Å². The normalized spacial score (nSPS) is 23.5. The Labute approximate surface area is 166 Å². The molecule has 2 aliphatic rings. The van der Waals surface area contributed by atoms with Gasteiger partial charge in [0.1, 0.15) is 5.75 Å². The fourth-order valence-electron chi connectivity index (χ4n) is 4.36. The maximum Gasteiger partial charge on any atom is 0.317 e. The third-order valence-electron chi connectivity index (χ3n) is 6.01. The molecule has 154 valence electrons. The second-order valence-electron chi connectivity index (χ2n) is 7.79. The smallest absolute Gasteiger partial charge is 0.317 e. The van der Waals surface area contributed by atoms with E-state index in [-0.39, 0.29) is 24.7 Å². The summed E-state index contributed by atoms with van der Waals surface area (Å²) < 4.78 is 5.32. The average Bonchev–Trinajstić information content (AvgIpc) is 2.66. The summed E-state index contributed by atoms with van der Waals surface area (Å²) in [4.78, 5) is 25.1. The lowest BCUT2D eigenvalue weighted by Crippen LogP contribution is -2.56. The summed E-state index contributed by atoms with van der Waals surface area (Å²) in [5.41, 5.74) is 2.63. The van der Waals surface area contributed by atoms with Gasteiger partial charge in [-0.25, -0.2) is 4.79 Å². The van der Waals surface area contributed by atoms with Crippen molar-refractivity contribution in [1.82, 2.24) is 15.5 Å². The first kappa shape index (κ1) is 20.5. The zero-order chi connectivity index (χ0) is 20.1. The van der Waals surface area contributed by atoms with E-state index < -0.39 is 5.97 Å². The van der Waals surface area contributed by atoms with Crippen LogP contribution in [0.5, 0.6) is 5.75 Å². The van der Waals surface area contributed by atoms with Gasteiger partial charge in [0.25, 0.3) is 0 Å². The SMILES string of the molecule is CCN(CC(=O)O)C1CC(NC(=O)NCC2CCCc3cc(OC)ccc32)C1. The van der Waals surface area contributed by atoms with Crippen LogP contribution in [-0.2, 0) is 11.2 Å². The lowest BCUT2D eigenvalue weighted by Gasteiger charge is -2.42. The van der Waals surface area contributed by atoms with Crippen molar-refractivity contribution in [3.63, 3.8) is 0 Å². The second-order valence-corrected chi connectivity index (χ2v) is 7.79. The van der Waals surface area contributed by atoms with E-state index in [0.717, 1.165) is 37.9 Å². The minimum absolute atomic E-state index is 0.0615. The number of fused-ring (bicyclic) bond motifs is 1. The van der Waals surface area contributed by atoms with Gasteiger partial charge in [0.15, 0.2) is 0 Å². The van der Waals surface area contributed by atoms with Crippen LogP contribution in [0.4, 0.5) is 4.79 Å². The van der Waals surface area contributed by atoms with Gasteiger partial charge in [0.05, 0.1) is 13.7 Å². The van der Waals surface area contributed by atoms with Crippen molar-refractivity contribution in [3.05, 3.63) is 29.3 Å². The Bertz CT molecular complexity index is 703. The largest absolute Gasteiger partial charge is 0.497 e. The zero-order valence-electron chi connectivity index (χ0n) is 16.7. The number of methoxy groups -OCH3 is 1. The number of aliphatic carboxylic acids is 1. The number of carboxylic acid groups (broad SMARTS) is 1. The number of urea groups is 1. The molecular weight excluding hydrogens is 358 g/mol. The van der Waals surface area contributed by atoms with Gasteiger partial charge in [-0.3, -0.25) is 9.69 Å². The van der Waals surface area contributed by atoms with Crippen molar-refractivity contribution in [1.29, 1.82) is 0 Å². The zero-order valence-corrected chi connectivity index (χ0v) is 16.7. The maximum absolute atomic E-state index is 12.3. The summed E-state index contributed by atoms with van der Waals surface area (Å²) in [5.74, 6) is 0.413. The van der Waals surface area contributed by atoms with E-state index in [2.05, 4.69) is 22.8 Å². The van der Waals surface area contributed by atoms with E-state index in [1.54, 1.807) is 7.11 Å². The molecule has 0 aliphatic heterocycles. The Morgan fingerprint density at radius 1 is 1.32 bits per heavy atom. The summed E-state index contributed by atoms with van der Waals surface area (Å²) in [6, 6.07) is 6.44. The van der Waals surface area contributed by atoms with Crippen molar-refractivity contribution in [3.8, 4) is 5.75 Å². The molecule has 1 aromatic carbocycles. The third-order valence-corrected chi connectivity index (χ3v) is 6.01. The number of aryl methyl sites for hydroxylation is 1. The van der Waals surface area contributed by atoms with Crippen LogP contribution >= 0.6 is 0 Å². The van der Waals surface area contributed by atoms with Gasteiger partial charge in [-0.2, -0.15) is 0 Å². The van der Waals surface area contributed by atoms with Gasteiger partial charge < -0.3 is 20.5 Å². The number of carboxylic acids is 1. The summed E-state index contributed by atoms with van der Waals surface area (Å²) in [7, 11) is 1.68. The summed E-state index contributed by atoms with van der Waals surface area (Å²) in [6.45, 7) is 3.36. The number of hydrogen-bond donors (Lipinski definition) is 3. The van der Waals surface area contributed by atoms with E-state index in [9.17, 15) is 9.59 Å². The first-order chi connectivity index (χ1) is 13.5. The van der Waals surface area contributed by atoms with Crippen molar-refractivity contribution in [2.45, 2.75) is 57.0 Å². The van der Waals surface area contributed by atoms with E-state index in [0.29, 0.717) is 19.0 Å². The molecule has 1 unspecified atom stereocenters. The Morgan fingerprint density at radius 2 is 2.11 bits per heavy atom. The molecule has 7 heteroatoms. The predicted molar refractivity (Wildman–Crippen MR) is 107 cm³/mol. The van der Waals surface area contributed by atoms with Crippen LogP contribution in [0.25, 0.3) is 0 Å². The molecule has 0 aromatic heterocycles. The van der Waals surface area contributed by atoms with E-state index >= 15 is 0 Å². The molecule has 1 aromatic rings. The highest BCUT2D eigenvalue weighted by Crippen LogP contribution is 2.33. The summed E-state index contributed by atoms with van der Waals surface area (Å²) in [6.07, 6.45) is 4.87. The number of hydrogen-bond acceptors (Lipinski definition) is 4. The fourth-order valence-corrected chi connectivity index (χ4v) is 4.36. The molecule has 3 N–H and O–H groups in total. The summed E-state index contributed by atoms with van der Waals surface area (Å²) >= 11 is 0. The van der Waals surface area contributed by atoms with Crippen molar-refractivity contribution < 1.29 is 19.4 Å². The van der Waals surface area contributed by atoms with Gasteiger partial charge in [-0.05, 0) is 61.9 Å². The van der Waals surface area contributed by atoms with Crippen LogP contribution < -0.4 is 15.4 Å². The number of rotatable bonds is 8. The molecule has 2 amide bonds. The third kappa shape index (κ3) is 4.95. The molecule has 28 heavy (non-hydrogen) atoms. The highest BCUT2D eigenvalue weighted by Gasteiger charge is 2.34. The number of ether oxygens (including phenoxy) is 1. The Kier molecular flexibility index (Phi) is 6.78. The minimum Gasteiger partial charge on any atom is -0.497 e. The van der Waals surface area contributed by atoms with Crippen LogP contribution in [0.3, 0.4) is 0 Å². The molecule has 0 saturated heterocycles. The molecule has 0 bridgehead atoms.